The van der Waals surface area contributed by atoms with Crippen LogP contribution in [0.3, 0.4) is 0 Å². The van der Waals surface area contributed by atoms with E-state index in [0.717, 1.165) is 16.4 Å². The standard InChI is InChI=1S/C12H12ClN3S/c1-7-6-17-12(14-7)11-15-9(5-10(13)16-11)8-3-2-4-8/h5-6,8H,2-4H2,1H3. The van der Waals surface area contributed by atoms with E-state index in [1.165, 1.54) is 19.3 Å². The lowest BCUT2D eigenvalue weighted by atomic mass is 9.83. The minimum Gasteiger partial charge on any atom is -0.238 e. The first-order valence-electron chi connectivity index (χ1n) is 5.69. The van der Waals surface area contributed by atoms with E-state index in [1.807, 2.05) is 18.4 Å². The van der Waals surface area contributed by atoms with Crippen LogP contribution in [0.5, 0.6) is 0 Å². The summed E-state index contributed by atoms with van der Waals surface area (Å²) in [4.78, 5) is 13.3. The molecule has 0 N–H and O–H groups in total. The Morgan fingerprint density at radius 3 is 2.71 bits per heavy atom. The van der Waals surface area contributed by atoms with Crippen molar-refractivity contribution in [1.29, 1.82) is 0 Å². The monoisotopic (exact) mass is 265 g/mol. The second-order valence-corrected chi connectivity index (χ2v) is 5.61. The topological polar surface area (TPSA) is 38.7 Å². The molecule has 0 spiro atoms. The molecule has 2 heterocycles. The van der Waals surface area contributed by atoms with Crippen LogP contribution in [-0.2, 0) is 0 Å². The average molecular weight is 266 g/mol. The summed E-state index contributed by atoms with van der Waals surface area (Å²) in [7, 11) is 0. The van der Waals surface area contributed by atoms with Crippen molar-refractivity contribution in [3.05, 3.63) is 28.0 Å². The molecule has 1 fully saturated rings. The fourth-order valence-corrected chi connectivity index (χ4v) is 2.82. The van der Waals surface area contributed by atoms with Crippen molar-refractivity contribution in [2.45, 2.75) is 32.1 Å². The lowest BCUT2D eigenvalue weighted by Crippen LogP contribution is -2.11. The summed E-state index contributed by atoms with van der Waals surface area (Å²) < 4.78 is 0. The molecule has 0 aromatic carbocycles. The zero-order valence-electron chi connectivity index (χ0n) is 9.48. The van der Waals surface area contributed by atoms with Gasteiger partial charge in [-0.3, -0.25) is 0 Å². The smallest absolute Gasteiger partial charge is 0.190 e. The maximum absolute atomic E-state index is 6.06. The van der Waals surface area contributed by atoms with Crippen molar-refractivity contribution in [1.82, 2.24) is 15.0 Å². The van der Waals surface area contributed by atoms with Crippen LogP contribution in [0.4, 0.5) is 0 Å². The van der Waals surface area contributed by atoms with Gasteiger partial charge in [-0.25, -0.2) is 15.0 Å². The van der Waals surface area contributed by atoms with Gasteiger partial charge in [0.25, 0.3) is 0 Å². The largest absolute Gasteiger partial charge is 0.238 e. The van der Waals surface area contributed by atoms with Gasteiger partial charge < -0.3 is 0 Å². The first kappa shape index (κ1) is 11.1. The molecule has 0 saturated heterocycles. The van der Waals surface area contributed by atoms with Crippen molar-refractivity contribution in [3.63, 3.8) is 0 Å². The van der Waals surface area contributed by atoms with Gasteiger partial charge in [-0.05, 0) is 25.8 Å². The zero-order valence-corrected chi connectivity index (χ0v) is 11.1. The van der Waals surface area contributed by atoms with Crippen LogP contribution in [0.2, 0.25) is 5.15 Å². The van der Waals surface area contributed by atoms with E-state index >= 15 is 0 Å². The van der Waals surface area contributed by atoms with Gasteiger partial charge in [-0.15, -0.1) is 11.3 Å². The third kappa shape index (κ3) is 2.19. The average Bonchev–Trinajstić information content (AvgIpc) is 2.61. The highest BCUT2D eigenvalue weighted by molar-refractivity contribution is 7.13. The normalized spacial score (nSPS) is 15.9. The molecule has 3 rings (SSSR count). The molecule has 88 valence electrons. The van der Waals surface area contributed by atoms with Gasteiger partial charge in [-0.1, -0.05) is 18.0 Å². The first-order chi connectivity index (χ1) is 8.22. The number of aryl methyl sites for hydroxylation is 1. The van der Waals surface area contributed by atoms with Crippen molar-refractivity contribution in [2.24, 2.45) is 0 Å². The molecule has 0 unspecified atom stereocenters. The maximum atomic E-state index is 6.06. The summed E-state index contributed by atoms with van der Waals surface area (Å²) in [5.74, 6) is 1.23. The van der Waals surface area contributed by atoms with Crippen LogP contribution in [0.1, 0.15) is 36.6 Å². The van der Waals surface area contributed by atoms with E-state index in [2.05, 4.69) is 15.0 Å². The third-order valence-electron chi connectivity index (χ3n) is 3.05. The minimum absolute atomic E-state index is 0.518. The quantitative estimate of drug-likeness (QED) is 0.775. The molecule has 17 heavy (non-hydrogen) atoms. The lowest BCUT2D eigenvalue weighted by molar-refractivity contribution is 0.411. The number of nitrogens with zero attached hydrogens (tertiary/aromatic N) is 3. The van der Waals surface area contributed by atoms with E-state index < -0.39 is 0 Å². The summed E-state index contributed by atoms with van der Waals surface area (Å²) >= 11 is 7.62. The second kappa shape index (κ2) is 4.35. The molecular formula is C12H12ClN3S. The van der Waals surface area contributed by atoms with E-state index in [-0.39, 0.29) is 0 Å². The van der Waals surface area contributed by atoms with E-state index in [4.69, 9.17) is 11.6 Å². The minimum atomic E-state index is 0.518. The molecule has 3 nitrogen and oxygen atoms in total. The number of rotatable bonds is 2. The Labute approximate surface area is 109 Å². The van der Waals surface area contributed by atoms with Gasteiger partial charge in [0.05, 0.1) is 0 Å². The van der Waals surface area contributed by atoms with Gasteiger partial charge in [-0.2, -0.15) is 0 Å². The highest BCUT2D eigenvalue weighted by Gasteiger charge is 2.22. The number of hydrogen-bond acceptors (Lipinski definition) is 4. The Kier molecular flexibility index (Phi) is 2.84. The first-order valence-corrected chi connectivity index (χ1v) is 6.95. The predicted octanol–water partition coefficient (Wildman–Crippen LogP) is 3.83. The highest BCUT2D eigenvalue weighted by atomic mass is 35.5. The molecule has 5 heteroatoms. The van der Waals surface area contributed by atoms with Crippen LogP contribution in [0, 0.1) is 6.92 Å². The van der Waals surface area contributed by atoms with Crippen LogP contribution in [0.25, 0.3) is 10.8 Å². The molecule has 0 amide bonds. The molecule has 1 aliphatic carbocycles. The summed E-state index contributed by atoms with van der Waals surface area (Å²) in [6, 6.07) is 1.88. The van der Waals surface area contributed by atoms with Crippen molar-refractivity contribution in [2.75, 3.05) is 0 Å². The van der Waals surface area contributed by atoms with Gasteiger partial charge in [0.2, 0.25) is 0 Å². The maximum Gasteiger partial charge on any atom is 0.190 e. The summed E-state index contributed by atoms with van der Waals surface area (Å²) in [5.41, 5.74) is 2.07. The Morgan fingerprint density at radius 2 is 2.12 bits per heavy atom. The van der Waals surface area contributed by atoms with Crippen molar-refractivity contribution in [3.8, 4) is 10.8 Å². The van der Waals surface area contributed by atoms with Crippen molar-refractivity contribution >= 4 is 22.9 Å². The highest BCUT2D eigenvalue weighted by Crippen LogP contribution is 2.36. The second-order valence-electron chi connectivity index (χ2n) is 4.36. The van der Waals surface area contributed by atoms with E-state index in [9.17, 15) is 0 Å². The molecule has 0 radical (unpaired) electrons. The van der Waals surface area contributed by atoms with Gasteiger partial charge in [0, 0.05) is 22.7 Å². The molecule has 0 atom stereocenters. The lowest BCUT2D eigenvalue weighted by Gasteiger charge is -2.24. The summed E-state index contributed by atoms with van der Waals surface area (Å²) in [6.07, 6.45) is 3.71. The Morgan fingerprint density at radius 1 is 1.29 bits per heavy atom. The number of aromatic nitrogens is 3. The van der Waals surface area contributed by atoms with Crippen molar-refractivity contribution < 1.29 is 0 Å². The van der Waals surface area contributed by atoms with Crippen LogP contribution >= 0.6 is 22.9 Å². The number of halogens is 1. The van der Waals surface area contributed by atoms with Crippen LogP contribution in [-0.4, -0.2) is 15.0 Å². The Hall–Kier alpha value is -1.00. The molecule has 0 bridgehead atoms. The number of thiazole rings is 1. The molecule has 2 aromatic heterocycles. The summed E-state index contributed by atoms with van der Waals surface area (Å²) in [5, 5.41) is 3.37. The van der Waals surface area contributed by atoms with Gasteiger partial charge in [0.1, 0.15) is 5.15 Å². The Bertz CT molecular complexity index is 548. The van der Waals surface area contributed by atoms with E-state index in [0.29, 0.717) is 16.9 Å². The van der Waals surface area contributed by atoms with Gasteiger partial charge in [0.15, 0.2) is 10.8 Å². The fraction of sp³-hybridized carbons (Fsp3) is 0.417. The molecular weight excluding hydrogens is 254 g/mol. The zero-order chi connectivity index (χ0) is 11.8. The molecule has 1 aliphatic rings. The Balaban J connectivity index is 2.01. The molecule has 1 saturated carbocycles. The SMILES string of the molecule is Cc1csc(-c2nc(Cl)cc(C3CCC3)n2)n1. The predicted molar refractivity (Wildman–Crippen MR) is 69.5 cm³/mol. The van der Waals surface area contributed by atoms with Gasteiger partial charge >= 0.3 is 0 Å². The summed E-state index contributed by atoms with van der Waals surface area (Å²) in [6.45, 7) is 1.97. The fourth-order valence-electron chi connectivity index (χ4n) is 1.90. The van der Waals surface area contributed by atoms with Crippen LogP contribution < -0.4 is 0 Å². The van der Waals surface area contributed by atoms with E-state index in [1.54, 1.807) is 11.3 Å². The number of hydrogen-bond donors (Lipinski definition) is 0. The third-order valence-corrected chi connectivity index (χ3v) is 4.20. The molecule has 0 aliphatic heterocycles. The van der Waals surface area contributed by atoms with Crippen LogP contribution in [0.15, 0.2) is 11.4 Å². The molecule has 2 aromatic rings.